The molecule has 0 radical (unpaired) electrons. The van der Waals surface area contributed by atoms with Crippen molar-refractivity contribution in [1.29, 1.82) is 0 Å². The van der Waals surface area contributed by atoms with Gasteiger partial charge in [-0.2, -0.15) is 18.1 Å². The van der Waals surface area contributed by atoms with Crippen molar-refractivity contribution in [3.05, 3.63) is 78.6 Å². The van der Waals surface area contributed by atoms with Crippen molar-refractivity contribution >= 4 is 16.0 Å². The van der Waals surface area contributed by atoms with Crippen molar-refractivity contribution < 1.29 is 27.4 Å². The summed E-state index contributed by atoms with van der Waals surface area (Å²) in [7, 11) is -1.12. The highest BCUT2D eigenvalue weighted by Gasteiger charge is 2.24. The van der Waals surface area contributed by atoms with Gasteiger partial charge in [-0.15, -0.1) is 6.42 Å². The monoisotopic (exact) mass is 547 g/mol. The van der Waals surface area contributed by atoms with Gasteiger partial charge in [0.1, 0.15) is 5.75 Å². The van der Waals surface area contributed by atoms with E-state index in [9.17, 15) is 8.42 Å². The van der Waals surface area contributed by atoms with Crippen LogP contribution in [0.2, 0.25) is 0 Å². The molecule has 0 aliphatic rings. The maximum Gasteiger partial charge on any atom is 0.300 e. The molecule has 0 saturated heterocycles. The predicted molar refractivity (Wildman–Crippen MR) is 145 cm³/mol. The first-order chi connectivity index (χ1) is 18.9. The van der Waals surface area contributed by atoms with Crippen LogP contribution in [0.1, 0.15) is 5.56 Å². The molecule has 0 amide bonds. The summed E-state index contributed by atoms with van der Waals surface area (Å²) in [4.78, 5) is 12.9. The molecule has 0 fully saturated rings. The number of aromatic nitrogens is 3. The van der Waals surface area contributed by atoms with E-state index in [1.807, 2.05) is 0 Å². The standard InChI is InChI=1S/C27H25N5O6S/c1-4-17-37-27-24(38-23-8-6-5-7-22(23)36-3)26(30-25(31-27)20-13-15-28-16-14-20)32-39(33,34)29-18-19-9-11-21(35-2)12-10-19/h1,5-16,29H,17-18H2,2-3H3,(H,30,31,32). The Morgan fingerprint density at radius 3 is 2.31 bits per heavy atom. The number of pyridine rings is 1. The maximum atomic E-state index is 13.1. The Bertz CT molecular complexity index is 1560. The number of hydrogen-bond acceptors (Lipinski definition) is 9. The molecule has 0 aliphatic carbocycles. The number of hydrogen-bond donors (Lipinski definition) is 2. The van der Waals surface area contributed by atoms with Crippen LogP contribution in [0.3, 0.4) is 0 Å². The van der Waals surface area contributed by atoms with Crippen LogP contribution >= 0.6 is 0 Å². The molecule has 12 heteroatoms. The first-order valence-corrected chi connectivity index (χ1v) is 13.0. The second-order valence-corrected chi connectivity index (χ2v) is 9.29. The van der Waals surface area contributed by atoms with Gasteiger partial charge in [0.25, 0.3) is 5.88 Å². The molecule has 0 bridgehead atoms. The van der Waals surface area contributed by atoms with E-state index in [1.165, 1.54) is 7.11 Å². The highest BCUT2D eigenvalue weighted by molar-refractivity contribution is 7.90. The lowest BCUT2D eigenvalue weighted by Gasteiger charge is -2.18. The fourth-order valence-electron chi connectivity index (χ4n) is 3.33. The summed E-state index contributed by atoms with van der Waals surface area (Å²) < 4.78 is 53.4. The minimum Gasteiger partial charge on any atom is -0.497 e. The van der Waals surface area contributed by atoms with E-state index in [0.29, 0.717) is 22.6 Å². The van der Waals surface area contributed by atoms with Crippen LogP contribution in [0.15, 0.2) is 73.1 Å². The molecule has 2 aromatic heterocycles. The number of para-hydroxylation sites is 2. The molecular weight excluding hydrogens is 522 g/mol. The summed E-state index contributed by atoms with van der Waals surface area (Å²) >= 11 is 0. The first kappa shape index (κ1) is 27.2. The largest absolute Gasteiger partial charge is 0.497 e. The van der Waals surface area contributed by atoms with E-state index in [0.717, 1.165) is 0 Å². The second kappa shape index (κ2) is 12.6. The quantitative estimate of drug-likeness (QED) is 0.254. The summed E-state index contributed by atoms with van der Waals surface area (Å²) in [6.07, 6.45) is 8.52. The number of benzene rings is 2. The van der Waals surface area contributed by atoms with Gasteiger partial charge in [0.2, 0.25) is 5.75 Å². The Morgan fingerprint density at radius 2 is 1.64 bits per heavy atom. The molecule has 0 atom stereocenters. The summed E-state index contributed by atoms with van der Waals surface area (Å²) in [5.74, 6) is 3.48. The van der Waals surface area contributed by atoms with Crippen LogP contribution in [-0.2, 0) is 16.8 Å². The normalized spacial score (nSPS) is 10.8. The van der Waals surface area contributed by atoms with E-state index in [2.05, 4.69) is 30.3 Å². The van der Waals surface area contributed by atoms with Crippen LogP contribution in [0.5, 0.6) is 28.9 Å². The van der Waals surface area contributed by atoms with Gasteiger partial charge in [0.15, 0.2) is 29.7 Å². The summed E-state index contributed by atoms with van der Waals surface area (Å²) in [5.41, 5.74) is 1.27. The number of rotatable bonds is 12. The van der Waals surface area contributed by atoms with Crippen molar-refractivity contribution in [2.45, 2.75) is 6.54 Å². The van der Waals surface area contributed by atoms with E-state index in [4.69, 9.17) is 25.4 Å². The molecule has 4 aromatic rings. The molecule has 0 unspecified atom stereocenters. The van der Waals surface area contributed by atoms with Gasteiger partial charge in [-0.3, -0.25) is 9.71 Å². The van der Waals surface area contributed by atoms with Crippen molar-refractivity contribution in [2.75, 3.05) is 25.5 Å². The van der Waals surface area contributed by atoms with Crippen molar-refractivity contribution in [2.24, 2.45) is 0 Å². The van der Waals surface area contributed by atoms with E-state index in [-0.39, 0.29) is 42.2 Å². The lowest BCUT2D eigenvalue weighted by Crippen LogP contribution is -2.30. The molecule has 2 aromatic carbocycles. The smallest absolute Gasteiger partial charge is 0.300 e. The van der Waals surface area contributed by atoms with Crippen molar-refractivity contribution in [3.8, 4) is 52.6 Å². The number of anilines is 1. The van der Waals surface area contributed by atoms with Crippen molar-refractivity contribution in [3.63, 3.8) is 0 Å². The number of methoxy groups -OCH3 is 2. The summed E-state index contributed by atoms with van der Waals surface area (Å²) in [6, 6.07) is 17.1. The van der Waals surface area contributed by atoms with Gasteiger partial charge in [-0.1, -0.05) is 30.2 Å². The third-order valence-electron chi connectivity index (χ3n) is 5.20. The molecule has 0 aliphatic heterocycles. The van der Waals surface area contributed by atoms with Crippen LogP contribution in [0.25, 0.3) is 11.4 Å². The van der Waals surface area contributed by atoms with E-state index >= 15 is 0 Å². The topological polar surface area (TPSA) is 134 Å². The highest BCUT2D eigenvalue weighted by atomic mass is 32.2. The van der Waals surface area contributed by atoms with E-state index in [1.54, 1.807) is 80.2 Å². The zero-order valence-electron chi connectivity index (χ0n) is 21.1. The van der Waals surface area contributed by atoms with Gasteiger partial charge in [0.05, 0.1) is 14.2 Å². The molecule has 0 saturated carbocycles. The Labute approximate surface area is 226 Å². The van der Waals surface area contributed by atoms with E-state index < -0.39 is 10.2 Å². The minimum absolute atomic E-state index is 0.00473. The van der Waals surface area contributed by atoms with Crippen LogP contribution in [0, 0.1) is 12.3 Å². The average Bonchev–Trinajstić information content (AvgIpc) is 2.97. The minimum atomic E-state index is -4.16. The molecule has 11 nitrogen and oxygen atoms in total. The Kier molecular flexibility index (Phi) is 8.78. The van der Waals surface area contributed by atoms with Crippen LogP contribution in [-0.4, -0.2) is 44.2 Å². The average molecular weight is 548 g/mol. The van der Waals surface area contributed by atoms with Gasteiger partial charge in [-0.25, -0.2) is 4.98 Å². The highest BCUT2D eigenvalue weighted by Crippen LogP contribution is 2.41. The first-order valence-electron chi connectivity index (χ1n) is 11.5. The maximum absolute atomic E-state index is 13.1. The summed E-state index contributed by atoms with van der Waals surface area (Å²) in [5, 5.41) is 0. The Balaban J connectivity index is 1.74. The molecule has 200 valence electrons. The lowest BCUT2D eigenvalue weighted by atomic mass is 10.2. The van der Waals surface area contributed by atoms with Gasteiger partial charge < -0.3 is 18.9 Å². The Hall–Kier alpha value is -4.86. The van der Waals surface area contributed by atoms with Gasteiger partial charge in [-0.05, 0) is 42.0 Å². The van der Waals surface area contributed by atoms with Crippen LogP contribution < -0.4 is 28.4 Å². The third-order valence-corrected chi connectivity index (χ3v) is 6.19. The molecule has 2 N–H and O–H groups in total. The fraction of sp³-hybridized carbons (Fsp3) is 0.148. The van der Waals surface area contributed by atoms with Gasteiger partial charge in [0, 0.05) is 24.5 Å². The number of terminal acetylenes is 1. The second-order valence-electron chi connectivity index (χ2n) is 7.79. The summed E-state index contributed by atoms with van der Waals surface area (Å²) in [6.45, 7) is -0.151. The molecule has 2 heterocycles. The molecular formula is C27H25N5O6S. The molecule has 0 spiro atoms. The van der Waals surface area contributed by atoms with Gasteiger partial charge >= 0.3 is 10.2 Å². The molecule has 39 heavy (non-hydrogen) atoms. The third kappa shape index (κ3) is 7.13. The lowest BCUT2D eigenvalue weighted by molar-refractivity contribution is 0.325. The van der Waals surface area contributed by atoms with Crippen LogP contribution in [0.4, 0.5) is 5.82 Å². The zero-order valence-corrected chi connectivity index (χ0v) is 21.9. The zero-order chi connectivity index (χ0) is 27.7. The van der Waals surface area contributed by atoms with Crippen molar-refractivity contribution in [1.82, 2.24) is 19.7 Å². The number of ether oxygens (including phenoxy) is 4. The number of nitrogens with zero attached hydrogens (tertiary/aromatic N) is 3. The SMILES string of the molecule is C#CCOc1nc(-c2ccncc2)nc(NS(=O)(=O)NCc2ccc(OC)cc2)c1Oc1ccccc1OC. The Morgan fingerprint density at radius 1 is 0.923 bits per heavy atom. The number of nitrogens with one attached hydrogen (secondary N) is 2. The predicted octanol–water partition coefficient (Wildman–Crippen LogP) is 3.81. The molecule has 4 rings (SSSR count). The fourth-order valence-corrected chi connectivity index (χ4v) is 4.15.